The fraction of sp³-hybridized carbons (Fsp3) is 0.600. The molecule has 0 spiro atoms. The molecule has 2 nitrogen and oxygen atoms in total. The number of carboxylic acid groups (broad SMARTS) is 1. The summed E-state index contributed by atoms with van der Waals surface area (Å²) in [7, 11) is 0. The average Bonchev–Trinajstić information content (AvgIpc) is 2.54. The Morgan fingerprint density at radius 3 is 2.57 bits per heavy atom. The van der Waals surface area contributed by atoms with E-state index < -0.39 is 5.97 Å². The Labute approximate surface area is 146 Å². The summed E-state index contributed by atoms with van der Waals surface area (Å²) in [4.78, 5) is 10.6. The van der Waals surface area contributed by atoms with Crippen LogP contribution in [0.4, 0.5) is 0 Å². The summed E-state index contributed by atoms with van der Waals surface area (Å²) in [6, 6.07) is 0. The van der Waals surface area contributed by atoms with Gasteiger partial charge in [-0.3, -0.25) is 4.79 Å². The van der Waals surface area contributed by atoms with Gasteiger partial charge in [0.05, 0.1) is 5.92 Å². The number of carboxylic acids is 1. The van der Waals surface area contributed by atoms with Crippen molar-refractivity contribution in [1.82, 2.24) is 0 Å². The third-order valence-corrected chi connectivity index (χ3v) is 4.29. The number of carbonyl (C=O) groups is 1. The van der Waals surface area contributed by atoms with Crippen LogP contribution in [0.15, 0.2) is 42.2 Å². The maximum atomic E-state index is 10.6. The van der Waals surface area contributed by atoms with Crippen LogP contribution in [0, 0.1) is 5.92 Å². The Morgan fingerprint density at radius 1 is 1.13 bits per heavy atom. The smallest absolute Gasteiger partial charge is 0.306 e. The molecule has 1 unspecified atom stereocenters. The number of hydrogen-bond acceptors (Lipinski definition) is 2. The van der Waals surface area contributed by atoms with E-state index >= 15 is 0 Å². The van der Waals surface area contributed by atoms with E-state index in [1.165, 1.54) is 19.3 Å². The van der Waals surface area contributed by atoms with Crippen molar-refractivity contribution in [2.75, 3.05) is 11.5 Å². The second-order valence-electron chi connectivity index (χ2n) is 5.58. The van der Waals surface area contributed by atoms with Gasteiger partial charge in [-0.2, -0.15) is 11.8 Å². The molecule has 130 valence electrons. The van der Waals surface area contributed by atoms with Crippen molar-refractivity contribution in [3.63, 3.8) is 0 Å². The fourth-order valence-electron chi connectivity index (χ4n) is 1.79. The molecule has 0 aliphatic carbocycles. The van der Waals surface area contributed by atoms with Crippen LogP contribution in [0.1, 0.15) is 58.8 Å². The maximum Gasteiger partial charge on any atom is 0.306 e. The predicted octanol–water partition coefficient (Wildman–Crippen LogP) is 6.01. The quantitative estimate of drug-likeness (QED) is 0.239. The summed E-state index contributed by atoms with van der Waals surface area (Å²) < 4.78 is 0. The Hall–Kier alpha value is -1.18. The standard InChI is InChI=1S/C20H32O2S/c1-3-4-5-6-7-8-9-11-14-17-23-18-15-12-10-13-16-19(2)20(21)22/h6-7,9-11,15,19H,3-5,8,13-14,16-18H2,1-2H3,(H,21,22)/b7-6-,11-9-. The van der Waals surface area contributed by atoms with Crippen LogP contribution in [0.2, 0.25) is 0 Å². The zero-order valence-electron chi connectivity index (χ0n) is 14.7. The Kier molecular flexibility index (Phi) is 16.3. The molecule has 0 amide bonds. The van der Waals surface area contributed by atoms with Gasteiger partial charge in [0.1, 0.15) is 0 Å². The molecule has 0 heterocycles. The first kappa shape index (κ1) is 21.8. The van der Waals surface area contributed by atoms with E-state index in [0.717, 1.165) is 30.8 Å². The summed E-state index contributed by atoms with van der Waals surface area (Å²) in [6.07, 6.45) is 20.4. The molecule has 0 saturated heterocycles. The highest BCUT2D eigenvalue weighted by molar-refractivity contribution is 7.99. The highest BCUT2D eigenvalue weighted by Crippen LogP contribution is 2.06. The van der Waals surface area contributed by atoms with E-state index in [1.807, 2.05) is 23.9 Å². The summed E-state index contributed by atoms with van der Waals surface area (Å²) in [5, 5.41) is 8.75. The number of thioether (sulfide) groups is 1. The molecule has 0 aliphatic heterocycles. The molecule has 0 aromatic heterocycles. The first-order valence-electron chi connectivity index (χ1n) is 8.68. The molecule has 0 radical (unpaired) electrons. The number of rotatable bonds is 14. The van der Waals surface area contributed by atoms with Crippen LogP contribution >= 0.6 is 11.8 Å². The molecular formula is C20H32O2S. The lowest BCUT2D eigenvalue weighted by Crippen LogP contribution is -2.08. The van der Waals surface area contributed by atoms with Crippen molar-refractivity contribution in [3.8, 4) is 0 Å². The molecule has 1 atom stereocenters. The maximum absolute atomic E-state index is 10.6. The second kappa shape index (κ2) is 17.2. The number of allylic oxidation sites excluding steroid dienone is 4. The lowest BCUT2D eigenvalue weighted by atomic mass is 10.1. The van der Waals surface area contributed by atoms with Crippen molar-refractivity contribution in [2.45, 2.75) is 58.8 Å². The number of unbranched alkanes of at least 4 members (excludes halogenated alkanes) is 2. The van der Waals surface area contributed by atoms with E-state index in [2.05, 4.69) is 37.0 Å². The van der Waals surface area contributed by atoms with Gasteiger partial charge in [-0.25, -0.2) is 0 Å². The van der Waals surface area contributed by atoms with Gasteiger partial charge >= 0.3 is 5.97 Å². The van der Waals surface area contributed by atoms with Crippen LogP contribution < -0.4 is 0 Å². The molecule has 0 aliphatic rings. The molecule has 3 heteroatoms. The molecule has 23 heavy (non-hydrogen) atoms. The zero-order chi connectivity index (χ0) is 17.2. The Morgan fingerprint density at radius 2 is 1.87 bits per heavy atom. The highest BCUT2D eigenvalue weighted by Gasteiger charge is 2.08. The van der Waals surface area contributed by atoms with Crippen LogP contribution in [0.25, 0.3) is 0 Å². The molecule has 0 saturated carbocycles. The van der Waals surface area contributed by atoms with Gasteiger partial charge in [-0.1, -0.05) is 51.0 Å². The molecule has 0 rings (SSSR count). The van der Waals surface area contributed by atoms with Gasteiger partial charge < -0.3 is 5.11 Å². The van der Waals surface area contributed by atoms with E-state index in [1.54, 1.807) is 6.92 Å². The van der Waals surface area contributed by atoms with E-state index in [9.17, 15) is 4.79 Å². The minimum absolute atomic E-state index is 0.268. The Balaban J connectivity index is 3.46. The van der Waals surface area contributed by atoms with E-state index in [-0.39, 0.29) is 5.92 Å². The first-order chi connectivity index (χ1) is 11.2. The summed E-state index contributed by atoms with van der Waals surface area (Å²) in [5.74, 6) is 1.11. The summed E-state index contributed by atoms with van der Waals surface area (Å²) in [6.45, 7) is 3.96. The van der Waals surface area contributed by atoms with Crippen LogP contribution in [-0.2, 0) is 4.79 Å². The van der Waals surface area contributed by atoms with Crippen molar-refractivity contribution in [3.05, 3.63) is 42.2 Å². The Bertz CT molecular complexity index is 404. The van der Waals surface area contributed by atoms with Gasteiger partial charge in [0.2, 0.25) is 0 Å². The van der Waals surface area contributed by atoms with E-state index in [4.69, 9.17) is 5.11 Å². The molecule has 1 N–H and O–H groups in total. The number of aliphatic carboxylic acids is 1. The van der Waals surface area contributed by atoms with E-state index in [0.29, 0.717) is 6.42 Å². The van der Waals surface area contributed by atoms with Gasteiger partial charge in [-0.15, -0.1) is 5.73 Å². The van der Waals surface area contributed by atoms with Crippen molar-refractivity contribution in [2.24, 2.45) is 5.92 Å². The monoisotopic (exact) mass is 336 g/mol. The molecule has 0 bridgehead atoms. The van der Waals surface area contributed by atoms with Gasteiger partial charge in [-0.05, 0) is 50.0 Å². The molecule has 0 aromatic rings. The third-order valence-electron chi connectivity index (χ3n) is 3.36. The van der Waals surface area contributed by atoms with Crippen LogP contribution in [-0.4, -0.2) is 22.6 Å². The van der Waals surface area contributed by atoms with Crippen molar-refractivity contribution < 1.29 is 9.90 Å². The lowest BCUT2D eigenvalue weighted by Gasteiger charge is -2.00. The van der Waals surface area contributed by atoms with Gasteiger partial charge in [0.25, 0.3) is 0 Å². The molecule has 0 aromatic carbocycles. The van der Waals surface area contributed by atoms with Gasteiger partial charge in [0.15, 0.2) is 0 Å². The predicted molar refractivity (Wildman–Crippen MR) is 103 cm³/mol. The first-order valence-corrected chi connectivity index (χ1v) is 9.83. The third kappa shape index (κ3) is 17.0. The molecular weight excluding hydrogens is 304 g/mol. The highest BCUT2D eigenvalue weighted by atomic mass is 32.2. The average molecular weight is 337 g/mol. The van der Waals surface area contributed by atoms with Crippen molar-refractivity contribution >= 4 is 17.7 Å². The number of hydrogen-bond donors (Lipinski definition) is 1. The normalized spacial score (nSPS) is 12.4. The minimum atomic E-state index is -0.720. The largest absolute Gasteiger partial charge is 0.481 e. The van der Waals surface area contributed by atoms with Crippen LogP contribution in [0.3, 0.4) is 0 Å². The fourth-order valence-corrected chi connectivity index (χ4v) is 2.48. The summed E-state index contributed by atoms with van der Waals surface area (Å²) >= 11 is 1.90. The zero-order valence-corrected chi connectivity index (χ0v) is 15.5. The van der Waals surface area contributed by atoms with Crippen LogP contribution in [0.5, 0.6) is 0 Å². The minimum Gasteiger partial charge on any atom is -0.481 e. The van der Waals surface area contributed by atoms with Gasteiger partial charge in [0, 0.05) is 5.75 Å². The SMILES string of the molecule is CCCC/C=C\C/C=C\CCSCC=C=CCCC(C)C(=O)O. The topological polar surface area (TPSA) is 37.3 Å². The molecule has 0 fully saturated rings. The van der Waals surface area contributed by atoms with Crippen molar-refractivity contribution in [1.29, 1.82) is 0 Å². The second-order valence-corrected chi connectivity index (χ2v) is 6.73. The lowest BCUT2D eigenvalue weighted by molar-refractivity contribution is -0.141. The summed E-state index contributed by atoms with van der Waals surface area (Å²) in [5.41, 5.74) is 3.12.